The number of hydrogen-bond acceptors (Lipinski definition) is 4. The molecule has 0 radical (unpaired) electrons. The Bertz CT molecular complexity index is 472. The Labute approximate surface area is 118 Å². The fraction of sp³-hybridized carbons (Fsp3) is 0.667. The molecule has 2 fully saturated rings. The number of anilines is 2. The van der Waals surface area contributed by atoms with Gasteiger partial charge in [0, 0.05) is 19.5 Å². The van der Waals surface area contributed by atoms with E-state index < -0.39 is 0 Å². The highest BCUT2D eigenvalue weighted by molar-refractivity contribution is 7.18. The van der Waals surface area contributed by atoms with Gasteiger partial charge in [-0.05, 0) is 37.7 Å². The number of carbonyl (C=O) groups is 1. The van der Waals surface area contributed by atoms with Crippen LogP contribution in [0.1, 0.15) is 48.2 Å². The number of Topliss-reactive ketones (excluding diaryl/α,β-unsaturated/α-hetero) is 1. The Morgan fingerprint density at radius 1 is 1.37 bits per heavy atom. The first-order chi connectivity index (χ1) is 9.15. The van der Waals surface area contributed by atoms with Crippen molar-refractivity contribution in [1.82, 2.24) is 0 Å². The second kappa shape index (κ2) is 5.16. The Kier molecular flexibility index (Phi) is 3.52. The highest BCUT2D eigenvalue weighted by atomic mass is 32.1. The van der Waals surface area contributed by atoms with Crippen molar-refractivity contribution in [1.29, 1.82) is 0 Å². The molecule has 1 aromatic heterocycles. The summed E-state index contributed by atoms with van der Waals surface area (Å²) < 4.78 is 0. The maximum atomic E-state index is 12.1. The minimum atomic E-state index is 0.258. The summed E-state index contributed by atoms with van der Waals surface area (Å²) in [7, 11) is 2.12. The smallest absolute Gasteiger partial charge is 0.178 e. The molecular weight excluding hydrogens is 256 g/mol. The monoisotopic (exact) mass is 278 g/mol. The second-order valence-electron chi connectivity index (χ2n) is 6.04. The van der Waals surface area contributed by atoms with Crippen LogP contribution in [0.3, 0.4) is 0 Å². The van der Waals surface area contributed by atoms with E-state index in [0.717, 1.165) is 35.2 Å². The van der Waals surface area contributed by atoms with E-state index in [-0.39, 0.29) is 11.7 Å². The van der Waals surface area contributed by atoms with Gasteiger partial charge in [0.1, 0.15) is 0 Å². The van der Waals surface area contributed by atoms with Crippen LogP contribution in [0.5, 0.6) is 0 Å². The SMILES string of the molecule is CN(CC1CCCC1)c1cc(N)c(C(=O)C2CC2)s1. The summed E-state index contributed by atoms with van der Waals surface area (Å²) in [5.41, 5.74) is 6.69. The highest BCUT2D eigenvalue weighted by Crippen LogP contribution is 2.40. The molecule has 0 aromatic carbocycles. The lowest BCUT2D eigenvalue weighted by molar-refractivity contribution is 0.0972. The Morgan fingerprint density at radius 3 is 2.68 bits per heavy atom. The Morgan fingerprint density at radius 2 is 2.05 bits per heavy atom. The molecule has 0 bridgehead atoms. The van der Waals surface area contributed by atoms with E-state index in [9.17, 15) is 4.79 Å². The first kappa shape index (κ1) is 13.0. The summed E-state index contributed by atoms with van der Waals surface area (Å²) >= 11 is 1.58. The standard InChI is InChI=1S/C15H22N2OS/c1-17(9-10-4-2-3-5-10)13-8-12(16)15(19-13)14(18)11-6-7-11/h8,10-11H,2-7,9,16H2,1H3. The van der Waals surface area contributed by atoms with Crippen LogP contribution < -0.4 is 10.6 Å². The molecule has 3 rings (SSSR count). The summed E-state index contributed by atoms with van der Waals surface area (Å²) in [6, 6.07) is 1.98. The van der Waals surface area contributed by atoms with Crippen LogP contribution in [0.2, 0.25) is 0 Å². The van der Waals surface area contributed by atoms with Crippen LogP contribution in [-0.4, -0.2) is 19.4 Å². The number of ketones is 1. The predicted molar refractivity (Wildman–Crippen MR) is 81.0 cm³/mol. The number of nitrogens with two attached hydrogens (primary N) is 1. The average Bonchev–Trinajstić information content (AvgIpc) is 2.98. The minimum absolute atomic E-state index is 0.258. The number of nitrogens with zero attached hydrogens (tertiary/aromatic N) is 1. The number of carbonyl (C=O) groups excluding carboxylic acids is 1. The molecule has 1 aromatic rings. The molecule has 104 valence electrons. The molecular formula is C15H22N2OS. The average molecular weight is 278 g/mol. The normalized spacial score (nSPS) is 19.8. The largest absolute Gasteiger partial charge is 0.397 e. The zero-order valence-electron chi connectivity index (χ0n) is 11.5. The summed E-state index contributed by atoms with van der Waals surface area (Å²) in [6.45, 7) is 1.09. The van der Waals surface area contributed by atoms with Crippen LogP contribution in [0.15, 0.2) is 6.07 Å². The fourth-order valence-electron chi connectivity index (χ4n) is 2.97. The van der Waals surface area contributed by atoms with Crippen molar-refractivity contribution in [2.75, 3.05) is 24.2 Å². The van der Waals surface area contributed by atoms with Crippen molar-refractivity contribution in [2.24, 2.45) is 11.8 Å². The number of thiophene rings is 1. The molecule has 0 spiro atoms. The molecule has 4 heteroatoms. The van der Waals surface area contributed by atoms with Crippen molar-refractivity contribution in [3.63, 3.8) is 0 Å². The van der Waals surface area contributed by atoms with Gasteiger partial charge in [-0.15, -0.1) is 11.3 Å². The van der Waals surface area contributed by atoms with E-state index in [1.165, 1.54) is 25.7 Å². The molecule has 2 N–H and O–H groups in total. The zero-order chi connectivity index (χ0) is 13.4. The van der Waals surface area contributed by atoms with Gasteiger partial charge in [-0.3, -0.25) is 4.79 Å². The third-order valence-corrected chi connectivity index (χ3v) is 5.58. The molecule has 1 heterocycles. The molecule has 0 amide bonds. The molecule has 0 saturated heterocycles. The third-order valence-electron chi connectivity index (χ3n) is 4.30. The molecule has 2 saturated carbocycles. The quantitative estimate of drug-likeness (QED) is 0.838. The van der Waals surface area contributed by atoms with Gasteiger partial charge in [0.05, 0.1) is 15.6 Å². The lowest BCUT2D eigenvalue weighted by atomic mass is 10.1. The Hall–Kier alpha value is -1.03. The van der Waals surface area contributed by atoms with Crippen molar-refractivity contribution in [2.45, 2.75) is 38.5 Å². The van der Waals surface area contributed by atoms with Crippen molar-refractivity contribution in [3.05, 3.63) is 10.9 Å². The van der Waals surface area contributed by atoms with E-state index in [1.54, 1.807) is 11.3 Å². The van der Waals surface area contributed by atoms with Gasteiger partial charge < -0.3 is 10.6 Å². The molecule has 0 unspecified atom stereocenters. The number of nitrogen functional groups attached to an aromatic ring is 1. The van der Waals surface area contributed by atoms with Crippen LogP contribution in [0.4, 0.5) is 10.7 Å². The van der Waals surface area contributed by atoms with Gasteiger partial charge in [-0.2, -0.15) is 0 Å². The van der Waals surface area contributed by atoms with Crippen LogP contribution >= 0.6 is 11.3 Å². The lowest BCUT2D eigenvalue weighted by Crippen LogP contribution is -2.22. The summed E-state index contributed by atoms with van der Waals surface area (Å²) in [6.07, 6.45) is 7.53. The van der Waals surface area contributed by atoms with E-state index in [1.807, 2.05) is 6.07 Å². The summed E-state index contributed by atoms with van der Waals surface area (Å²) in [5, 5.41) is 1.15. The van der Waals surface area contributed by atoms with Gasteiger partial charge in [-0.1, -0.05) is 12.8 Å². The van der Waals surface area contributed by atoms with Gasteiger partial charge in [-0.25, -0.2) is 0 Å². The van der Waals surface area contributed by atoms with Gasteiger partial charge >= 0.3 is 0 Å². The number of rotatable bonds is 5. The minimum Gasteiger partial charge on any atom is -0.397 e. The van der Waals surface area contributed by atoms with Crippen LogP contribution in [0, 0.1) is 11.8 Å². The first-order valence-electron chi connectivity index (χ1n) is 7.30. The maximum Gasteiger partial charge on any atom is 0.178 e. The van der Waals surface area contributed by atoms with E-state index >= 15 is 0 Å². The lowest BCUT2D eigenvalue weighted by Gasteiger charge is -2.21. The molecule has 0 aliphatic heterocycles. The van der Waals surface area contributed by atoms with Crippen LogP contribution in [0.25, 0.3) is 0 Å². The molecule has 2 aliphatic carbocycles. The Balaban J connectivity index is 1.69. The van der Waals surface area contributed by atoms with Gasteiger partial charge in [0.2, 0.25) is 0 Å². The van der Waals surface area contributed by atoms with Gasteiger partial charge in [0.25, 0.3) is 0 Å². The molecule has 2 aliphatic rings. The van der Waals surface area contributed by atoms with Crippen LogP contribution in [-0.2, 0) is 0 Å². The fourth-order valence-corrected chi connectivity index (χ4v) is 4.04. The second-order valence-corrected chi connectivity index (χ2v) is 7.07. The predicted octanol–water partition coefficient (Wildman–Crippen LogP) is 3.55. The number of hydrogen-bond donors (Lipinski definition) is 1. The van der Waals surface area contributed by atoms with Crippen molar-refractivity contribution < 1.29 is 4.79 Å². The molecule has 3 nitrogen and oxygen atoms in total. The van der Waals surface area contributed by atoms with E-state index in [4.69, 9.17) is 5.73 Å². The summed E-state index contributed by atoms with van der Waals surface area (Å²) in [4.78, 5) is 15.2. The topological polar surface area (TPSA) is 46.3 Å². The van der Waals surface area contributed by atoms with Crippen molar-refractivity contribution in [3.8, 4) is 0 Å². The van der Waals surface area contributed by atoms with Crippen molar-refractivity contribution >= 4 is 27.8 Å². The first-order valence-corrected chi connectivity index (χ1v) is 8.11. The third kappa shape index (κ3) is 2.78. The van der Waals surface area contributed by atoms with Gasteiger partial charge in [0.15, 0.2) is 5.78 Å². The highest BCUT2D eigenvalue weighted by Gasteiger charge is 2.33. The molecule has 19 heavy (non-hydrogen) atoms. The maximum absolute atomic E-state index is 12.1. The van der Waals surface area contributed by atoms with E-state index in [2.05, 4.69) is 11.9 Å². The zero-order valence-corrected chi connectivity index (χ0v) is 12.3. The summed E-state index contributed by atoms with van der Waals surface area (Å²) in [5.74, 6) is 1.34. The van der Waals surface area contributed by atoms with E-state index in [0.29, 0.717) is 5.69 Å². The molecule has 0 atom stereocenters.